The lowest BCUT2D eigenvalue weighted by molar-refractivity contribution is 0.578. The Balaban J connectivity index is 2.35. The van der Waals surface area contributed by atoms with E-state index in [1.165, 1.54) is 24.0 Å². The Bertz CT molecular complexity index is 361. The Labute approximate surface area is 90.6 Å². The molecule has 1 aliphatic rings. The van der Waals surface area contributed by atoms with Gasteiger partial charge < -0.3 is 0 Å². The van der Waals surface area contributed by atoms with Crippen LogP contribution in [0.15, 0.2) is 35.9 Å². The van der Waals surface area contributed by atoms with Gasteiger partial charge in [-0.25, -0.2) is 0 Å². The monoisotopic (exact) mass is 206 g/mol. The van der Waals surface area contributed by atoms with E-state index in [-0.39, 0.29) is 5.41 Å². The van der Waals surface area contributed by atoms with Crippen molar-refractivity contribution in [2.45, 2.75) is 32.1 Å². The van der Waals surface area contributed by atoms with Gasteiger partial charge in [-0.15, -0.1) is 0 Å². The van der Waals surface area contributed by atoms with Crippen LogP contribution < -0.4 is 0 Å². The third-order valence-electron chi connectivity index (χ3n) is 3.11. The third kappa shape index (κ3) is 1.72. The Kier molecular flexibility index (Phi) is 2.40. The molecule has 1 atom stereocenters. The highest BCUT2D eigenvalue weighted by atomic mass is 35.5. The first-order valence-electron chi connectivity index (χ1n) is 5.04. The molecule has 2 rings (SSSR count). The van der Waals surface area contributed by atoms with E-state index in [9.17, 15) is 0 Å². The molecule has 0 spiro atoms. The molecule has 0 saturated heterocycles. The quantitative estimate of drug-likeness (QED) is 0.600. The maximum atomic E-state index is 5.88. The molecule has 0 bridgehead atoms. The van der Waals surface area contributed by atoms with Crippen LogP contribution in [0.1, 0.15) is 32.3 Å². The van der Waals surface area contributed by atoms with Gasteiger partial charge in [0.2, 0.25) is 0 Å². The zero-order valence-corrected chi connectivity index (χ0v) is 9.43. The molecule has 0 amide bonds. The average Bonchev–Trinajstić information content (AvgIpc) is 2.48. The van der Waals surface area contributed by atoms with E-state index >= 15 is 0 Å². The van der Waals surface area contributed by atoms with E-state index in [2.05, 4.69) is 32.1 Å². The van der Waals surface area contributed by atoms with Gasteiger partial charge in [0.25, 0.3) is 0 Å². The molecule has 0 fully saturated rings. The smallest absolute Gasteiger partial charge is 0.0406 e. The van der Waals surface area contributed by atoms with Crippen molar-refractivity contribution in [3.05, 3.63) is 46.5 Å². The lowest BCUT2D eigenvalue weighted by Gasteiger charge is -2.22. The Morgan fingerprint density at radius 1 is 1.21 bits per heavy atom. The summed E-state index contributed by atoms with van der Waals surface area (Å²) in [6.07, 6.45) is 4.83. The lowest BCUT2D eigenvalue weighted by atomic mass is 9.82. The van der Waals surface area contributed by atoms with Crippen LogP contribution in [0.4, 0.5) is 0 Å². The first-order valence-corrected chi connectivity index (χ1v) is 5.42. The minimum atomic E-state index is 0.231. The van der Waals surface area contributed by atoms with Gasteiger partial charge in [-0.2, -0.15) is 0 Å². The second-order valence-electron chi connectivity index (χ2n) is 4.42. The van der Waals surface area contributed by atoms with Crippen molar-refractivity contribution < 1.29 is 0 Å². The minimum Gasteiger partial charge on any atom is -0.0843 e. The molecule has 0 unspecified atom stereocenters. The highest BCUT2D eigenvalue weighted by Crippen LogP contribution is 2.38. The molecule has 1 aromatic carbocycles. The molecule has 0 saturated carbocycles. The molecule has 0 aromatic heterocycles. The first kappa shape index (κ1) is 9.79. The number of hydrogen-bond acceptors (Lipinski definition) is 0. The van der Waals surface area contributed by atoms with Crippen LogP contribution in [0.2, 0.25) is 5.02 Å². The van der Waals surface area contributed by atoms with Gasteiger partial charge in [0.1, 0.15) is 0 Å². The predicted molar refractivity (Wildman–Crippen MR) is 61.8 cm³/mol. The zero-order chi connectivity index (χ0) is 10.2. The average molecular weight is 207 g/mol. The van der Waals surface area contributed by atoms with Gasteiger partial charge in [0.05, 0.1) is 0 Å². The van der Waals surface area contributed by atoms with Crippen LogP contribution in [0, 0.1) is 0 Å². The van der Waals surface area contributed by atoms with Crippen molar-refractivity contribution in [1.29, 1.82) is 0 Å². The van der Waals surface area contributed by atoms with E-state index in [1.807, 2.05) is 12.1 Å². The van der Waals surface area contributed by atoms with Crippen LogP contribution >= 0.6 is 11.6 Å². The van der Waals surface area contributed by atoms with Gasteiger partial charge in [0.15, 0.2) is 0 Å². The van der Waals surface area contributed by atoms with Crippen LogP contribution in [0.5, 0.6) is 0 Å². The number of benzene rings is 1. The SMILES string of the molecule is CC1=C[C@](C)(c2ccc(Cl)cc2)CC1. The molecule has 1 heteroatoms. The minimum absolute atomic E-state index is 0.231. The fraction of sp³-hybridized carbons (Fsp3) is 0.385. The Hall–Kier alpha value is -0.750. The molecule has 0 radical (unpaired) electrons. The third-order valence-corrected chi connectivity index (χ3v) is 3.36. The summed E-state index contributed by atoms with van der Waals surface area (Å²) in [5.41, 5.74) is 3.11. The summed E-state index contributed by atoms with van der Waals surface area (Å²) in [6.45, 7) is 4.51. The Morgan fingerprint density at radius 3 is 2.36 bits per heavy atom. The van der Waals surface area contributed by atoms with Crippen molar-refractivity contribution in [2.24, 2.45) is 0 Å². The number of hydrogen-bond donors (Lipinski definition) is 0. The van der Waals surface area contributed by atoms with E-state index in [0.29, 0.717) is 0 Å². The molecule has 1 aliphatic carbocycles. The molecule has 0 N–H and O–H groups in total. The fourth-order valence-electron chi connectivity index (χ4n) is 2.20. The molecule has 0 nitrogen and oxygen atoms in total. The summed E-state index contributed by atoms with van der Waals surface area (Å²) >= 11 is 5.88. The van der Waals surface area contributed by atoms with Crippen molar-refractivity contribution in [2.75, 3.05) is 0 Å². The van der Waals surface area contributed by atoms with Crippen LogP contribution in [-0.2, 0) is 5.41 Å². The molecule has 74 valence electrons. The molecular formula is C13H15Cl. The Morgan fingerprint density at radius 2 is 1.86 bits per heavy atom. The van der Waals surface area contributed by atoms with Gasteiger partial charge in [0, 0.05) is 10.4 Å². The normalized spacial score (nSPS) is 26.4. The van der Waals surface area contributed by atoms with Crippen molar-refractivity contribution >= 4 is 11.6 Å². The second-order valence-corrected chi connectivity index (χ2v) is 4.85. The maximum Gasteiger partial charge on any atom is 0.0406 e. The highest BCUT2D eigenvalue weighted by Gasteiger charge is 2.28. The summed E-state index contributed by atoms with van der Waals surface area (Å²) in [5, 5.41) is 0.816. The molecular weight excluding hydrogens is 192 g/mol. The van der Waals surface area contributed by atoms with Gasteiger partial charge in [-0.05, 0) is 37.5 Å². The number of halogens is 1. The largest absolute Gasteiger partial charge is 0.0843 e. The summed E-state index contributed by atoms with van der Waals surface area (Å²) in [6, 6.07) is 8.22. The van der Waals surface area contributed by atoms with Gasteiger partial charge in [-0.1, -0.05) is 42.3 Å². The van der Waals surface area contributed by atoms with E-state index < -0.39 is 0 Å². The molecule has 0 aliphatic heterocycles. The van der Waals surface area contributed by atoms with E-state index in [4.69, 9.17) is 11.6 Å². The van der Waals surface area contributed by atoms with Crippen molar-refractivity contribution in [3.63, 3.8) is 0 Å². The molecule has 1 aromatic rings. The van der Waals surface area contributed by atoms with E-state index in [1.54, 1.807) is 0 Å². The lowest BCUT2D eigenvalue weighted by Crippen LogP contribution is -2.14. The summed E-state index contributed by atoms with van der Waals surface area (Å²) in [5.74, 6) is 0. The van der Waals surface area contributed by atoms with E-state index in [0.717, 1.165) is 5.02 Å². The summed E-state index contributed by atoms with van der Waals surface area (Å²) in [4.78, 5) is 0. The number of rotatable bonds is 1. The van der Waals surface area contributed by atoms with Gasteiger partial charge >= 0.3 is 0 Å². The second kappa shape index (κ2) is 3.43. The zero-order valence-electron chi connectivity index (χ0n) is 8.68. The van der Waals surface area contributed by atoms with Crippen LogP contribution in [0.25, 0.3) is 0 Å². The predicted octanol–water partition coefficient (Wildman–Crippen LogP) is 4.34. The van der Waals surface area contributed by atoms with Crippen LogP contribution in [0.3, 0.4) is 0 Å². The molecule has 14 heavy (non-hydrogen) atoms. The van der Waals surface area contributed by atoms with Crippen molar-refractivity contribution in [3.8, 4) is 0 Å². The summed E-state index contributed by atoms with van der Waals surface area (Å²) < 4.78 is 0. The topological polar surface area (TPSA) is 0 Å². The molecule has 0 heterocycles. The van der Waals surface area contributed by atoms with Crippen LogP contribution in [-0.4, -0.2) is 0 Å². The maximum absolute atomic E-state index is 5.88. The summed E-state index contributed by atoms with van der Waals surface area (Å²) in [7, 11) is 0. The standard InChI is InChI=1S/C13H15Cl/c1-10-7-8-13(2,9-10)11-3-5-12(14)6-4-11/h3-6,9H,7-8H2,1-2H3/t13-/m1/s1. The highest BCUT2D eigenvalue weighted by molar-refractivity contribution is 6.30. The van der Waals surface area contributed by atoms with Crippen molar-refractivity contribution in [1.82, 2.24) is 0 Å². The first-order chi connectivity index (χ1) is 6.60. The fourth-order valence-corrected chi connectivity index (χ4v) is 2.33. The van der Waals surface area contributed by atoms with Gasteiger partial charge in [-0.3, -0.25) is 0 Å². The number of allylic oxidation sites excluding steroid dienone is 2.